The lowest BCUT2D eigenvalue weighted by atomic mass is 9.92. The Kier molecular flexibility index (Phi) is 5.73. The number of halogens is 2. The van der Waals surface area contributed by atoms with Crippen LogP contribution < -0.4 is 23.9 Å². The highest BCUT2D eigenvalue weighted by atomic mass is 19.2. The van der Waals surface area contributed by atoms with Crippen molar-refractivity contribution < 1.29 is 32.2 Å². The molecule has 0 spiro atoms. The zero-order valence-electron chi connectivity index (χ0n) is 16.7. The van der Waals surface area contributed by atoms with Crippen LogP contribution in [0.3, 0.4) is 0 Å². The number of anilines is 1. The molecule has 0 amide bonds. The summed E-state index contributed by atoms with van der Waals surface area (Å²) in [5.74, 6) is -0.211. The zero-order valence-corrected chi connectivity index (χ0v) is 16.7. The molecule has 0 radical (unpaired) electrons. The molecule has 2 aromatic rings. The number of rotatable bonds is 6. The number of hydrogen-bond donors (Lipinski definition) is 0. The Bertz CT molecular complexity index is 1030. The normalized spacial score (nSPS) is 14.9. The van der Waals surface area contributed by atoms with Crippen LogP contribution in [0, 0.1) is 11.3 Å². The minimum absolute atomic E-state index is 0.0748. The van der Waals surface area contributed by atoms with E-state index < -0.39 is 12.8 Å². The average Bonchev–Trinajstić information content (AvgIpc) is 2.77. The van der Waals surface area contributed by atoms with E-state index in [1.165, 1.54) is 52.7 Å². The van der Waals surface area contributed by atoms with Crippen molar-refractivity contribution in [1.82, 2.24) is 0 Å². The number of para-hydroxylation sites is 2. The van der Waals surface area contributed by atoms with E-state index in [1.54, 1.807) is 18.2 Å². The van der Waals surface area contributed by atoms with Gasteiger partial charge in [-0.05, 0) is 29.4 Å². The Balaban J connectivity index is 2.31. The molecule has 156 valence electrons. The second-order valence-electron chi connectivity index (χ2n) is 5.94. The van der Waals surface area contributed by atoms with Gasteiger partial charge in [0.25, 0.3) is 5.69 Å². The summed E-state index contributed by atoms with van der Waals surface area (Å²) in [5.41, 5.74) is -0.317. The Hall–Kier alpha value is -3.88. The second-order valence-corrected chi connectivity index (χ2v) is 5.94. The quantitative estimate of drug-likeness (QED) is 0.668. The summed E-state index contributed by atoms with van der Waals surface area (Å²) in [4.78, 5) is 0.384. The van der Waals surface area contributed by atoms with Crippen LogP contribution in [0.2, 0.25) is 0 Å². The number of ether oxygens (including phenoxy) is 4. The van der Waals surface area contributed by atoms with Gasteiger partial charge in [0.05, 0.1) is 28.4 Å². The maximum absolute atomic E-state index is 15.9. The van der Waals surface area contributed by atoms with E-state index in [1.807, 2.05) is 0 Å². The average molecular weight is 417 g/mol. The van der Waals surface area contributed by atoms with Crippen LogP contribution in [0.15, 0.2) is 46.6 Å². The summed E-state index contributed by atoms with van der Waals surface area (Å²) in [6, 6.07) is 10.8. The predicted molar refractivity (Wildman–Crippen MR) is 105 cm³/mol. The van der Waals surface area contributed by atoms with Crippen LogP contribution in [0.4, 0.5) is 20.0 Å². The minimum Gasteiger partial charge on any atom is -0.495 e. The Morgan fingerprint density at radius 2 is 1.37 bits per heavy atom. The summed E-state index contributed by atoms with van der Waals surface area (Å²) in [6.07, 6.45) is 0. The lowest BCUT2D eigenvalue weighted by molar-refractivity contribution is -0.402. The first kappa shape index (κ1) is 20.8. The van der Waals surface area contributed by atoms with Gasteiger partial charge >= 0.3 is 12.8 Å². The zero-order chi connectivity index (χ0) is 21.9. The van der Waals surface area contributed by atoms with Crippen molar-refractivity contribution in [3.8, 4) is 29.1 Å². The van der Waals surface area contributed by atoms with Crippen molar-refractivity contribution in [3.05, 3.63) is 36.4 Å². The monoisotopic (exact) mass is 417 g/mol. The predicted octanol–water partition coefficient (Wildman–Crippen LogP) is 3.55. The highest BCUT2D eigenvalue weighted by Crippen LogP contribution is 2.46. The molecule has 12 heteroatoms. The standard InChI is InChI=1S/C18H18BF2N5O4/c1-27-12-7-5-8-13(28-2)17(12)25-19(20,21)26(24-16(11-22)23-25)18-14(29-3)9-6-10-15(18)30-4/h5-10H,1-4H3. The van der Waals surface area contributed by atoms with Crippen LogP contribution in [0.25, 0.3) is 0 Å². The Labute approximate surface area is 171 Å². The molecule has 3 rings (SSSR count). The van der Waals surface area contributed by atoms with Crippen molar-refractivity contribution in [2.45, 2.75) is 0 Å². The number of benzene rings is 2. The first-order chi connectivity index (χ1) is 14.4. The van der Waals surface area contributed by atoms with E-state index >= 15 is 8.63 Å². The molecule has 9 nitrogen and oxygen atoms in total. The molecular weight excluding hydrogens is 399 g/mol. The first-order valence-corrected chi connectivity index (χ1v) is 8.66. The highest BCUT2D eigenvalue weighted by molar-refractivity contribution is 6.63. The molecule has 0 aromatic heterocycles. The fourth-order valence-corrected chi connectivity index (χ4v) is 3.04. The van der Waals surface area contributed by atoms with Crippen LogP contribution >= 0.6 is 0 Å². The van der Waals surface area contributed by atoms with Gasteiger partial charge in [-0.15, -0.1) is 0 Å². The molecule has 0 aliphatic carbocycles. The molecule has 0 bridgehead atoms. The van der Waals surface area contributed by atoms with Crippen molar-refractivity contribution in [3.63, 3.8) is 0 Å². The summed E-state index contributed by atoms with van der Waals surface area (Å²) < 4.78 is 53.1. The molecule has 1 heterocycles. The molecule has 1 aliphatic heterocycles. The fraction of sp³-hybridized carbons (Fsp3) is 0.222. The van der Waals surface area contributed by atoms with E-state index in [0.29, 0.717) is 9.53 Å². The molecule has 1 aliphatic rings. The van der Waals surface area contributed by atoms with Crippen LogP contribution in [0.5, 0.6) is 23.0 Å². The van der Waals surface area contributed by atoms with Crippen LogP contribution in [-0.2, 0) is 0 Å². The number of nitriles is 1. The number of hydrogen-bond acceptors (Lipinski definition) is 8. The number of nitrogens with zero attached hydrogens (tertiary/aromatic N) is 5. The third-order valence-corrected chi connectivity index (χ3v) is 4.36. The molecule has 0 unspecified atom stereocenters. The van der Waals surface area contributed by atoms with Crippen LogP contribution in [-0.4, -0.2) is 45.9 Å². The van der Waals surface area contributed by atoms with Gasteiger partial charge in [0.2, 0.25) is 0 Å². The first-order valence-electron chi connectivity index (χ1n) is 8.66. The molecule has 0 atom stereocenters. The van der Waals surface area contributed by atoms with Gasteiger partial charge in [-0.1, -0.05) is 12.1 Å². The third-order valence-electron chi connectivity index (χ3n) is 4.36. The van der Waals surface area contributed by atoms with Gasteiger partial charge in [0, 0.05) is 0 Å². The lowest BCUT2D eigenvalue weighted by Crippen LogP contribution is -2.54. The molecule has 0 saturated heterocycles. The largest absolute Gasteiger partial charge is 0.778 e. The van der Waals surface area contributed by atoms with Gasteiger partial charge in [-0.25, -0.2) is 4.61 Å². The second kappa shape index (κ2) is 8.24. The van der Waals surface area contributed by atoms with Gasteiger partial charge in [-0.2, -0.15) is 10.4 Å². The lowest BCUT2D eigenvalue weighted by Gasteiger charge is -2.34. The Morgan fingerprint density at radius 3 is 1.80 bits per heavy atom. The van der Waals surface area contributed by atoms with Crippen LogP contribution in [0.1, 0.15) is 0 Å². The number of amidine groups is 1. The highest BCUT2D eigenvalue weighted by Gasteiger charge is 2.58. The summed E-state index contributed by atoms with van der Waals surface area (Å²) in [7, 11) is 5.31. The molecule has 30 heavy (non-hydrogen) atoms. The number of methoxy groups -OCH3 is 4. The van der Waals surface area contributed by atoms with E-state index in [0.717, 1.165) is 0 Å². The molecule has 0 saturated carbocycles. The Morgan fingerprint density at radius 1 is 0.900 bits per heavy atom. The maximum Gasteiger partial charge on any atom is 0.778 e. The topological polar surface area (TPSA) is 91.7 Å². The van der Waals surface area contributed by atoms with Gasteiger partial charge in [0.15, 0.2) is 11.5 Å². The minimum atomic E-state index is -4.73. The van der Waals surface area contributed by atoms with Crippen molar-refractivity contribution in [2.75, 3.05) is 33.4 Å². The van der Waals surface area contributed by atoms with E-state index in [9.17, 15) is 5.26 Å². The van der Waals surface area contributed by atoms with Crippen molar-refractivity contribution in [1.29, 1.82) is 5.26 Å². The summed E-state index contributed by atoms with van der Waals surface area (Å²) in [5, 5.41) is 16.9. The molecule has 0 N–H and O–H groups in total. The van der Waals surface area contributed by atoms with Gasteiger partial charge in [0.1, 0.15) is 23.3 Å². The molecular formula is C18H18BF2N5O4. The van der Waals surface area contributed by atoms with Crippen molar-refractivity contribution in [2.24, 2.45) is 10.2 Å². The summed E-state index contributed by atoms with van der Waals surface area (Å²) >= 11 is 0. The van der Waals surface area contributed by atoms with Crippen molar-refractivity contribution >= 4 is 24.2 Å². The van der Waals surface area contributed by atoms with E-state index in [-0.39, 0.29) is 34.4 Å². The number of azo groups is 1. The maximum atomic E-state index is 15.9. The molecule has 2 aromatic carbocycles. The van der Waals surface area contributed by atoms with E-state index in [4.69, 9.17) is 18.9 Å². The molecule has 0 fully saturated rings. The smallest absolute Gasteiger partial charge is 0.495 e. The van der Waals surface area contributed by atoms with E-state index in [2.05, 4.69) is 10.2 Å². The summed E-state index contributed by atoms with van der Waals surface area (Å²) in [6.45, 7) is -4.73. The van der Waals surface area contributed by atoms with Gasteiger partial charge < -0.3 is 27.6 Å². The third kappa shape index (κ3) is 3.34. The van der Waals surface area contributed by atoms with Gasteiger partial charge in [-0.3, -0.25) is 4.92 Å². The fourth-order valence-electron chi connectivity index (χ4n) is 3.04. The SMILES string of the molecule is COc1cccc(OC)c1N1N=C(C#N)N=[N+](c2c(OC)cccc2OC)[B-]1(F)F. The number of hydrazone groups is 1.